The summed E-state index contributed by atoms with van der Waals surface area (Å²) in [7, 11) is 0. The van der Waals surface area contributed by atoms with Crippen LogP contribution in [-0.4, -0.2) is 15.0 Å². The van der Waals surface area contributed by atoms with Crippen molar-refractivity contribution in [1.29, 1.82) is 0 Å². The van der Waals surface area contributed by atoms with Gasteiger partial charge in [0.25, 0.3) is 0 Å². The number of hydrogen-bond donors (Lipinski definition) is 0. The molecule has 269 valence electrons. The van der Waals surface area contributed by atoms with E-state index in [1.165, 1.54) is 22.3 Å². The molecule has 0 aliphatic carbocycles. The van der Waals surface area contributed by atoms with Crippen molar-refractivity contribution in [3.8, 4) is 33.6 Å². The van der Waals surface area contributed by atoms with Crippen LogP contribution in [0.2, 0.25) is 0 Å². The predicted octanol–water partition coefficient (Wildman–Crippen LogP) is 12.7. The summed E-state index contributed by atoms with van der Waals surface area (Å²) in [5.41, 5.74) is 12.1. The maximum atomic E-state index is 6.42. The third-order valence-corrected chi connectivity index (χ3v) is 9.02. The molecular formula is C48H45IrN3O-2. The van der Waals surface area contributed by atoms with Crippen LogP contribution >= 0.6 is 0 Å². The Bertz CT molecular complexity index is 2490. The summed E-state index contributed by atoms with van der Waals surface area (Å²) < 4.78 is 6.42. The van der Waals surface area contributed by atoms with Gasteiger partial charge in [-0.1, -0.05) is 107 Å². The average Bonchev–Trinajstić information content (AvgIpc) is 3.51. The molecule has 5 heteroatoms. The largest absolute Gasteiger partial charge is 0.500 e. The van der Waals surface area contributed by atoms with Gasteiger partial charge in [0.05, 0.1) is 5.58 Å². The number of hydrogen-bond acceptors (Lipinski definition) is 4. The molecule has 1 radical (unpaired) electrons. The van der Waals surface area contributed by atoms with E-state index in [2.05, 4.69) is 141 Å². The molecule has 4 heterocycles. The van der Waals surface area contributed by atoms with Crippen molar-refractivity contribution in [2.75, 3.05) is 0 Å². The molecular weight excluding hydrogens is 827 g/mol. The van der Waals surface area contributed by atoms with Gasteiger partial charge in [0.1, 0.15) is 5.58 Å². The quantitative estimate of drug-likeness (QED) is 0.162. The molecule has 0 aliphatic rings. The van der Waals surface area contributed by atoms with Crippen LogP contribution < -0.4 is 0 Å². The summed E-state index contributed by atoms with van der Waals surface area (Å²) in [4.78, 5) is 13.6. The standard InChI is InChI=1S/C26H23N2O.C22H22N.Ir/c1-16-12-18-8-9-20-19-6-5-7-21(24(19)29-25(20)22(18)15-28-16)23-13-17(10-11-27-23)14-26(2,3)4;1-22(2,3)16-17-9-11-18(12-10-17)20-13-14-23-21(15-20)19-7-5-4-6-8-19;/h5-6,8-13,15H,14H2,1-4H3;4-7,9-15H,16H2,1-3H3;/q2*-1;. The van der Waals surface area contributed by atoms with E-state index >= 15 is 0 Å². The molecule has 0 saturated carbocycles. The summed E-state index contributed by atoms with van der Waals surface area (Å²) >= 11 is 0. The van der Waals surface area contributed by atoms with Crippen LogP contribution in [0.15, 0.2) is 126 Å². The van der Waals surface area contributed by atoms with Crippen LogP contribution in [0.25, 0.3) is 66.4 Å². The number of pyridine rings is 3. The summed E-state index contributed by atoms with van der Waals surface area (Å²) in [6.45, 7) is 15.6. The molecule has 0 amide bonds. The molecule has 8 aromatic rings. The van der Waals surface area contributed by atoms with Crippen LogP contribution in [-0.2, 0) is 32.9 Å². The van der Waals surface area contributed by atoms with Crippen molar-refractivity contribution in [2.45, 2.75) is 61.3 Å². The Morgan fingerprint density at radius 1 is 0.585 bits per heavy atom. The van der Waals surface area contributed by atoms with Crippen LogP contribution in [0.5, 0.6) is 0 Å². The minimum Gasteiger partial charge on any atom is -0.500 e. The minimum absolute atomic E-state index is 0. The van der Waals surface area contributed by atoms with E-state index in [9.17, 15) is 0 Å². The molecule has 0 N–H and O–H groups in total. The van der Waals surface area contributed by atoms with E-state index < -0.39 is 0 Å². The van der Waals surface area contributed by atoms with Gasteiger partial charge in [-0.3, -0.25) is 4.98 Å². The number of aromatic nitrogens is 3. The molecule has 4 aromatic heterocycles. The molecule has 0 aliphatic heterocycles. The molecule has 0 unspecified atom stereocenters. The van der Waals surface area contributed by atoms with Gasteiger partial charge in [0.15, 0.2) is 0 Å². The van der Waals surface area contributed by atoms with Gasteiger partial charge < -0.3 is 14.4 Å². The second-order valence-electron chi connectivity index (χ2n) is 16.1. The van der Waals surface area contributed by atoms with Gasteiger partial charge in [-0.15, -0.1) is 54.1 Å². The van der Waals surface area contributed by atoms with E-state index in [0.717, 1.165) is 73.8 Å². The Morgan fingerprint density at radius 2 is 1.30 bits per heavy atom. The first-order valence-electron chi connectivity index (χ1n) is 18.0. The van der Waals surface area contributed by atoms with E-state index in [1.807, 2.05) is 55.8 Å². The zero-order valence-corrected chi connectivity index (χ0v) is 33.9. The molecule has 53 heavy (non-hydrogen) atoms. The van der Waals surface area contributed by atoms with E-state index in [-0.39, 0.29) is 25.5 Å². The van der Waals surface area contributed by atoms with Crippen molar-refractivity contribution in [3.05, 3.63) is 151 Å². The maximum Gasteiger partial charge on any atom is 0.130 e. The Hall–Kier alpha value is -4.96. The Balaban J connectivity index is 0.000000183. The molecule has 0 bridgehead atoms. The summed E-state index contributed by atoms with van der Waals surface area (Å²) in [6.07, 6.45) is 7.74. The van der Waals surface area contributed by atoms with Crippen molar-refractivity contribution in [2.24, 2.45) is 10.8 Å². The maximum absolute atomic E-state index is 6.42. The predicted molar refractivity (Wildman–Crippen MR) is 216 cm³/mol. The summed E-state index contributed by atoms with van der Waals surface area (Å²) in [5, 5.41) is 4.35. The topological polar surface area (TPSA) is 51.8 Å². The first kappa shape index (κ1) is 37.8. The van der Waals surface area contributed by atoms with Gasteiger partial charge in [-0.2, -0.15) is 0 Å². The van der Waals surface area contributed by atoms with Gasteiger partial charge in [0.2, 0.25) is 0 Å². The zero-order chi connectivity index (χ0) is 36.5. The van der Waals surface area contributed by atoms with Crippen molar-refractivity contribution < 1.29 is 24.5 Å². The summed E-state index contributed by atoms with van der Waals surface area (Å²) in [5.74, 6) is 0. The first-order chi connectivity index (χ1) is 24.9. The van der Waals surface area contributed by atoms with Crippen molar-refractivity contribution >= 4 is 32.7 Å². The first-order valence-corrected chi connectivity index (χ1v) is 18.0. The van der Waals surface area contributed by atoms with Gasteiger partial charge in [-0.25, -0.2) is 0 Å². The number of aryl methyl sites for hydroxylation is 1. The molecule has 0 fully saturated rings. The fourth-order valence-corrected chi connectivity index (χ4v) is 6.79. The monoisotopic (exact) mass is 872 g/mol. The Morgan fingerprint density at radius 3 is 2.04 bits per heavy atom. The number of furan rings is 1. The van der Waals surface area contributed by atoms with Gasteiger partial charge in [-0.05, 0) is 82.3 Å². The van der Waals surface area contributed by atoms with Gasteiger partial charge in [0, 0.05) is 55.2 Å². The van der Waals surface area contributed by atoms with Crippen LogP contribution in [0.4, 0.5) is 0 Å². The normalized spacial score (nSPS) is 11.7. The van der Waals surface area contributed by atoms with Crippen LogP contribution in [0.3, 0.4) is 0 Å². The van der Waals surface area contributed by atoms with E-state index in [0.29, 0.717) is 5.41 Å². The number of nitrogens with zero attached hydrogens (tertiary/aromatic N) is 3. The molecule has 8 rings (SSSR count). The fraction of sp³-hybridized carbons (Fsp3) is 0.229. The van der Waals surface area contributed by atoms with Crippen molar-refractivity contribution in [3.63, 3.8) is 0 Å². The molecule has 0 spiro atoms. The van der Waals surface area contributed by atoms with Crippen LogP contribution in [0, 0.1) is 29.9 Å². The number of fused-ring (bicyclic) bond motifs is 5. The minimum atomic E-state index is 0. The second kappa shape index (κ2) is 15.6. The number of benzene rings is 4. The SMILES string of the molecule is CC(C)(C)Cc1ccc(-c2ccnc(-c3[c-]cccc3)c2)cc1.Cc1cc2ccc3c4cc[c-]c(-c5cc(CC(C)(C)C)ccn5)c4oc3c2cn1.[Ir]. The Kier molecular flexibility index (Phi) is 11.1. The second-order valence-corrected chi connectivity index (χ2v) is 16.1. The van der Waals surface area contributed by atoms with Crippen molar-refractivity contribution in [1.82, 2.24) is 15.0 Å². The van der Waals surface area contributed by atoms with E-state index in [1.54, 1.807) is 0 Å². The fourth-order valence-electron chi connectivity index (χ4n) is 6.79. The van der Waals surface area contributed by atoms with E-state index in [4.69, 9.17) is 4.42 Å². The Labute approximate surface area is 327 Å². The molecule has 4 nitrogen and oxygen atoms in total. The molecule has 0 saturated heterocycles. The molecule has 4 aromatic carbocycles. The summed E-state index contributed by atoms with van der Waals surface area (Å²) in [6, 6.07) is 42.3. The van der Waals surface area contributed by atoms with Crippen LogP contribution in [0.1, 0.15) is 58.4 Å². The number of rotatable bonds is 5. The zero-order valence-electron chi connectivity index (χ0n) is 31.5. The smallest absolute Gasteiger partial charge is 0.130 e. The average molecular weight is 872 g/mol. The third kappa shape index (κ3) is 8.99. The third-order valence-electron chi connectivity index (χ3n) is 9.02. The molecule has 0 atom stereocenters. The van der Waals surface area contributed by atoms with Gasteiger partial charge >= 0.3 is 0 Å².